The summed E-state index contributed by atoms with van der Waals surface area (Å²) in [6.45, 7) is 1.73. The maximum absolute atomic E-state index is 11.5. The van der Waals surface area contributed by atoms with Gasteiger partial charge >= 0.3 is 6.03 Å². The van der Waals surface area contributed by atoms with Crippen LogP contribution in [0.2, 0.25) is 0 Å². The SMILES string of the molecule is C[C@]1(COc2ccccc2)NC(=O)NC1=O. The van der Waals surface area contributed by atoms with Crippen LogP contribution >= 0.6 is 0 Å². The molecule has 1 heterocycles. The van der Waals surface area contributed by atoms with Gasteiger partial charge in [0, 0.05) is 0 Å². The third-order valence-electron chi connectivity index (χ3n) is 2.39. The number of amides is 3. The fourth-order valence-corrected chi connectivity index (χ4v) is 1.43. The van der Waals surface area contributed by atoms with Crippen molar-refractivity contribution in [2.75, 3.05) is 6.61 Å². The number of carbonyl (C=O) groups is 2. The molecule has 0 saturated carbocycles. The molecule has 16 heavy (non-hydrogen) atoms. The molecule has 1 fully saturated rings. The van der Waals surface area contributed by atoms with E-state index in [1.165, 1.54) is 0 Å². The fraction of sp³-hybridized carbons (Fsp3) is 0.273. The Hall–Kier alpha value is -2.04. The first-order valence-electron chi connectivity index (χ1n) is 4.92. The van der Waals surface area contributed by atoms with Gasteiger partial charge in [0.25, 0.3) is 5.91 Å². The summed E-state index contributed by atoms with van der Waals surface area (Å²) in [5, 5.41) is 4.70. The van der Waals surface area contributed by atoms with E-state index in [9.17, 15) is 9.59 Å². The number of para-hydroxylation sites is 1. The lowest BCUT2D eigenvalue weighted by Crippen LogP contribution is -2.48. The van der Waals surface area contributed by atoms with Crippen LogP contribution in [-0.4, -0.2) is 24.1 Å². The zero-order chi connectivity index (χ0) is 11.6. The van der Waals surface area contributed by atoms with E-state index in [0.29, 0.717) is 5.75 Å². The Kier molecular flexibility index (Phi) is 2.52. The zero-order valence-corrected chi connectivity index (χ0v) is 8.82. The van der Waals surface area contributed by atoms with E-state index in [1.807, 2.05) is 18.2 Å². The highest BCUT2D eigenvalue weighted by Crippen LogP contribution is 2.14. The molecule has 84 valence electrons. The number of hydrogen-bond donors (Lipinski definition) is 2. The van der Waals surface area contributed by atoms with Crippen molar-refractivity contribution in [1.82, 2.24) is 10.6 Å². The molecule has 0 bridgehead atoms. The smallest absolute Gasteiger partial charge is 0.322 e. The lowest BCUT2D eigenvalue weighted by Gasteiger charge is -2.20. The van der Waals surface area contributed by atoms with Gasteiger partial charge in [0.15, 0.2) is 5.54 Å². The molecule has 1 aliphatic rings. The molecule has 0 unspecified atom stereocenters. The molecule has 1 aromatic rings. The van der Waals surface area contributed by atoms with Crippen molar-refractivity contribution in [3.05, 3.63) is 30.3 Å². The third kappa shape index (κ3) is 1.98. The van der Waals surface area contributed by atoms with Crippen LogP contribution in [0.3, 0.4) is 0 Å². The van der Waals surface area contributed by atoms with Crippen molar-refractivity contribution >= 4 is 11.9 Å². The minimum Gasteiger partial charge on any atom is -0.491 e. The predicted octanol–water partition coefficient (Wildman–Crippen LogP) is 0.663. The van der Waals surface area contributed by atoms with Gasteiger partial charge < -0.3 is 10.1 Å². The van der Waals surface area contributed by atoms with Crippen molar-refractivity contribution < 1.29 is 14.3 Å². The third-order valence-corrected chi connectivity index (χ3v) is 2.39. The van der Waals surface area contributed by atoms with Crippen LogP contribution < -0.4 is 15.4 Å². The highest BCUT2D eigenvalue weighted by molar-refractivity contribution is 6.06. The number of benzene rings is 1. The van der Waals surface area contributed by atoms with E-state index < -0.39 is 11.6 Å². The van der Waals surface area contributed by atoms with E-state index in [1.54, 1.807) is 19.1 Å². The second-order valence-corrected chi connectivity index (χ2v) is 3.84. The van der Waals surface area contributed by atoms with Crippen LogP contribution in [0.4, 0.5) is 4.79 Å². The minimum absolute atomic E-state index is 0.106. The van der Waals surface area contributed by atoms with Crippen molar-refractivity contribution in [3.8, 4) is 5.75 Å². The largest absolute Gasteiger partial charge is 0.491 e. The summed E-state index contributed by atoms with van der Waals surface area (Å²) in [7, 11) is 0. The summed E-state index contributed by atoms with van der Waals surface area (Å²) in [6.07, 6.45) is 0. The summed E-state index contributed by atoms with van der Waals surface area (Å²) >= 11 is 0. The number of urea groups is 1. The van der Waals surface area contributed by atoms with Gasteiger partial charge in [0.05, 0.1) is 0 Å². The first-order chi connectivity index (χ1) is 7.60. The molecule has 2 N–H and O–H groups in total. The summed E-state index contributed by atoms with van der Waals surface area (Å²) in [5.74, 6) is 0.297. The Bertz CT molecular complexity index is 418. The highest BCUT2D eigenvalue weighted by Gasteiger charge is 2.42. The number of ether oxygens (including phenoxy) is 1. The molecule has 0 radical (unpaired) electrons. The lowest BCUT2D eigenvalue weighted by atomic mass is 10.1. The molecule has 1 aliphatic heterocycles. The molecule has 3 amide bonds. The molecular formula is C11H12N2O3. The summed E-state index contributed by atoms with van der Waals surface area (Å²) in [5.41, 5.74) is -0.993. The van der Waals surface area contributed by atoms with Crippen molar-refractivity contribution in [1.29, 1.82) is 0 Å². The van der Waals surface area contributed by atoms with Gasteiger partial charge in [-0.05, 0) is 19.1 Å². The standard InChI is InChI=1S/C11H12N2O3/c1-11(9(14)12-10(15)13-11)7-16-8-5-3-2-4-6-8/h2-6H,7H2,1H3,(H2,12,13,14,15)/t11-/m1/s1. The molecular weight excluding hydrogens is 208 g/mol. The molecule has 1 aromatic carbocycles. The van der Waals surface area contributed by atoms with E-state index in [2.05, 4.69) is 10.6 Å². The van der Waals surface area contributed by atoms with Crippen LogP contribution in [0.25, 0.3) is 0 Å². The molecule has 2 rings (SSSR count). The maximum Gasteiger partial charge on any atom is 0.322 e. The Labute approximate surface area is 92.8 Å². The summed E-state index contributed by atoms with van der Waals surface area (Å²) in [6, 6.07) is 8.65. The van der Waals surface area contributed by atoms with Crippen LogP contribution in [0, 0.1) is 0 Å². The van der Waals surface area contributed by atoms with Gasteiger partial charge in [0.1, 0.15) is 12.4 Å². The molecule has 0 aliphatic carbocycles. The fourth-order valence-electron chi connectivity index (χ4n) is 1.43. The van der Waals surface area contributed by atoms with Crippen LogP contribution in [0.15, 0.2) is 30.3 Å². The number of hydrogen-bond acceptors (Lipinski definition) is 3. The predicted molar refractivity (Wildman–Crippen MR) is 57.0 cm³/mol. The van der Waals surface area contributed by atoms with E-state index in [4.69, 9.17) is 4.74 Å². The zero-order valence-electron chi connectivity index (χ0n) is 8.82. The lowest BCUT2D eigenvalue weighted by molar-refractivity contribution is -0.124. The Morgan fingerprint density at radius 2 is 1.94 bits per heavy atom. The van der Waals surface area contributed by atoms with Gasteiger partial charge in [-0.2, -0.15) is 0 Å². The van der Waals surface area contributed by atoms with E-state index in [-0.39, 0.29) is 12.5 Å². The van der Waals surface area contributed by atoms with Crippen LogP contribution in [0.1, 0.15) is 6.92 Å². The topological polar surface area (TPSA) is 67.4 Å². The Morgan fingerprint density at radius 1 is 1.25 bits per heavy atom. The van der Waals surface area contributed by atoms with E-state index >= 15 is 0 Å². The van der Waals surface area contributed by atoms with E-state index in [0.717, 1.165) is 0 Å². The molecule has 5 nitrogen and oxygen atoms in total. The van der Waals surface area contributed by atoms with Gasteiger partial charge in [-0.3, -0.25) is 10.1 Å². The maximum atomic E-state index is 11.5. The first kappa shape index (κ1) is 10.5. The quantitative estimate of drug-likeness (QED) is 0.735. The highest BCUT2D eigenvalue weighted by atomic mass is 16.5. The van der Waals surface area contributed by atoms with Crippen molar-refractivity contribution in [3.63, 3.8) is 0 Å². The summed E-state index contributed by atoms with van der Waals surface area (Å²) < 4.78 is 5.44. The number of rotatable bonds is 3. The first-order valence-corrected chi connectivity index (χ1v) is 4.92. The molecule has 0 spiro atoms. The average molecular weight is 220 g/mol. The summed E-state index contributed by atoms with van der Waals surface area (Å²) in [4.78, 5) is 22.4. The number of carbonyl (C=O) groups excluding carboxylic acids is 2. The van der Waals surface area contributed by atoms with Crippen LogP contribution in [-0.2, 0) is 4.79 Å². The van der Waals surface area contributed by atoms with Gasteiger partial charge in [-0.15, -0.1) is 0 Å². The second kappa shape index (κ2) is 3.84. The monoisotopic (exact) mass is 220 g/mol. The van der Waals surface area contributed by atoms with Gasteiger partial charge in [0.2, 0.25) is 0 Å². The molecule has 0 aromatic heterocycles. The Morgan fingerprint density at radius 3 is 2.50 bits per heavy atom. The van der Waals surface area contributed by atoms with Crippen LogP contribution in [0.5, 0.6) is 5.75 Å². The molecule has 5 heteroatoms. The number of imide groups is 1. The number of nitrogens with one attached hydrogen (secondary N) is 2. The molecule has 1 atom stereocenters. The van der Waals surface area contributed by atoms with Crippen molar-refractivity contribution in [2.45, 2.75) is 12.5 Å². The minimum atomic E-state index is -0.993. The van der Waals surface area contributed by atoms with Crippen molar-refractivity contribution in [2.24, 2.45) is 0 Å². The van der Waals surface area contributed by atoms with Gasteiger partial charge in [-0.25, -0.2) is 4.79 Å². The Balaban J connectivity index is 2.00. The normalized spacial score (nSPS) is 23.8. The molecule has 1 saturated heterocycles. The van der Waals surface area contributed by atoms with Gasteiger partial charge in [-0.1, -0.05) is 18.2 Å². The average Bonchev–Trinajstić information content (AvgIpc) is 2.52. The second-order valence-electron chi connectivity index (χ2n) is 3.84.